The lowest BCUT2D eigenvalue weighted by atomic mass is 9.79. The highest BCUT2D eigenvalue weighted by atomic mass is 29.2. The first kappa shape index (κ1) is 11.3. The molecule has 2 nitrogen and oxygen atoms in total. The molecule has 0 aliphatic carbocycles. The number of hydrogen-bond acceptors (Lipinski definition) is 2. The van der Waals surface area contributed by atoms with Gasteiger partial charge in [-0.3, -0.25) is 0 Å². The molecule has 0 aromatic heterocycles. The van der Waals surface area contributed by atoms with E-state index in [0.29, 0.717) is 0 Å². The average molecular weight is 216 g/mol. The van der Waals surface area contributed by atoms with Crippen molar-refractivity contribution in [3.05, 3.63) is 0 Å². The molecule has 1 rings (SSSR count). The van der Waals surface area contributed by atoms with Gasteiger partial charge in [0.15, 0.2) is 0 Å². The molecule has 13 heavy (non-hydrogen) atoms. The predicted octanol–water partition coefficient (Wildman–Crippen LogP) is 2.53. The van der Waals surface area contributed by atoms with Crippen LogP contribution in [0, 0.1) is 5.41 Å². The van der Waals surface area contributed by atoms with Crippen LogP contribution in [-0.2, 0) is 8.89 Å². The molecular weight excluding hydrogens is 196 g/mol. The van der Waals surface area contributed by atoms with E-state index in [4.69, 9.17) is 4.43 Å². The Bertz CT molecular complexity index is 244. The quantitative estimate of drug-likeness (QED) is 0.582. The van der Waals surface area contributed by atoms with Crippen LogP contribution in [0.25, 0.3) is 0 Å². The Labute approximate surface area is 83.3 Å². The molecule has 0 N–H and O–H groups in total. The van der Waals surface area contributed by atoms with Crippen molar-refractivity contribution in [2.24, 2.45) is 5.41 Å². The summed E-state index contributed by atoms with van der Waals surface area (Å²) in [5.41, 5.74) is -0.0765. The standard InChI is InChI=1S/C9H20O2Si2/c1-8(2)7-12(10)13(5,6)11-9(8,3)4/h7H2,1-6H3. The van der Waals surface area contributed by atoms with Crippen molar-refractivity contribution >= 4 is 16.0 Å². The fourth-order valence-corrected chi connectivity index (χ4v) is 8.69. The molecule has 1 heterocycles. The Balaban J connectivity index is 3.00. The molecule has 0 atom stereocenters. The zero-order valence-corrected chi connectivity index (χ0v) is 11.5. The van der Waals surface area contributed by atoms with E-state index >= 15 is 0 Å². The molecule has 0 saturated carbocycles. The van der Waals surface area contributed by atoms with E-state index in [0.717, 1.165) is 6.04 Å². The minimum Gasteiger partial charge on any atom is -0.408 e. The molecule has 1 aliphatic rings. The topological polar surface area (TPSA) is 26.3 Å². The van der Waals surface area contributed by atoms with Gasteiger partial charge in [0.25, 0.3) is 8.20 Å². The second kappa shape index (κ2) is 2.84. The summed E-state index contributed by atoms with van der Waals surface area (Å²) in [7, 11) is -3.35. The summed E-state index contributed by atoms with van der Waals surface area (Å²) < 4.78 is 18.0. The second-order valence-corrected chi connectivity index (χ2v) is 15.3. The zero-order valence-electron chi connectivity index (χ0n) is 9.52. The van der Waals surface area contributed by atoms with E-state index in [-0.39, 0.29) is 11.0 Å². The van der Waals surface area contributed by atoms with Gasteiger partial charge in [-0.1, -0.05) is 13.8 Å². The molecule has 0 bridgehead atoms. The molecule has 0 unspecified atom stereocenters. The molecule has 0 aromatic carbocycles. The van der Waals surface area contributed by atoms with Crippen LogP contribution in [0.1, 0.15) is 27.7 Å². The predicted molar refractivity (Wildman–Crippen MR) is 57.7 cm³/mol. The Morgan fingerprint density at radius 1 is 1.23 bits per heavy atom. The Kier molecular flexibility index (Phi) is 2.46. The molecule has 76 valence electrons. The van der Waals surface area contributed by atoms with Gasteiger partial charge in [-0.2, -0.15) is 0 Å². The highest BCUT2D eigenvalue weighted by molar-refractivity contribution is 7.23. The van der Waals surface area contributed by atoms with Crippen LogP contribution in [0.2, 0.25) is 19.1 Å². The highest BCUT2D eigenvalue weighted by Gasteiger charge is 2.53. The molecule has 1 aliphatic heterocycles. The summed E-state index contributed by atoms with van der Waals surface area (Å²) in [5, 5.41) is 0. The monoisotopic (exact) mass is 216 g/mol. The van der Waals surface area contributed by atoms with Gasteiger partial charge < -0.3 is 8.89 Å². The summed E-state index contributed by atoms with van der Waals surface area (Å²) in [6.45, 7) is 12.7. The van der Waals surface area contributed by atoms with E-state index in [1.54, 1.807) is 0 Å². The second-order valence-electron chi connectivity index (χ2n) is 5.61. The van der Waals surface area contributed by atoms with Crippen LogP contribution < -0.4 is 0 Å². The van der Waals surface area contributed by atoms with Gasteiger partial charge in [0, 0.05) is 0 Å². The van der Waals surface area contributed by atoms with E-state index in [1.165, 1.54) is 0 Å². The first-order valence-corrected chi connectivity index (χ1v) is 10.3. The SMILES string of the molecule is CC1(C)C[Si](=O)[Si](C)(C)OC1(C)C. The maximum atomic E-state index is 11.9. The fraction of sp³-hybridized carbons (Fsp3) is 1.00. The van der Waals surface area contributed by atoms with Gasteiger partial charge in [0.1, 0.15) is 0 Å². The van der Waals surface area contributed by atoms with Gasteiger partial charge in [0.05, 0.1) is 5.60 Å². The first-order valence-electron chi connectivity index (χ1n) is 4.82. The van der Waals surface area contributed by atoms with Crippen molar-refractivity contribution in [2.45, 2.75) is 52.4 Å². The lowest BCUT2D eigenvalue weighted by Crippen LogP contribution is -2.61. The van der Waals surface area contributed by atoms with E-state index in [1.807, 2.05) is 0 Å². The molecule has 4 heteroatoms. The fourth-order valence-electron chi connectivity index (χ4n) is 1.66. The summed E-state index contributed by atoms with van der Waals surface area (Å²) in [5.74, 6) is 0. The minimum atomic E-state index is -1.87. The van der Waals surface area contributed by atoms with Gasteiger partial charge in [-0.15, -0.1) is 0 Å². The molecule has 0 spiro atoms. The van der Waals surface area contributed by atoms with Crippen molar-refractivity contribution in [3.63, 3.8) is 0 Å². The Morgan fingerprint density at radius 2 is 1.69 bits per heavy atom. The summed E-state index contributed by atoms with van der Waals surface area (Å²) >= 11 is 0. The van der Waals surface area contributed by atoms with Crippen LogP contribution in [0.15, 0.2) is 0 Å². The van der Waals surface area contributed by atoms with Crippen molar-refractivity contribution < 1.29 is 8.89 Å². The number of hydrogen-bond donors (Lipinski definition) is 0. The largest absolute Gasteiger partial charge is 0.408 e. The summed E-state index contributed by atoms with van der Waals surface area (Å²) in [6.07, 6.45) is 0. The van der Waals surface area contributed by atoms with Gasteiger partial charge in [0.2, 0.25) is 7.83 Å². The third-order valence-corrected chi connectivity index (χ3v) is 11.8. The van der Waals surface area contributed by atoms with Crippen LogP contribution in [-0.4, -0.2) is 21.6 Å². The van der Waals surface area contributed by atoms with Crippen LogP contribution in [0.5, 0.6) is 0 Å². The van der Waals surface area contributed by atoms with E-state index in [9.17, 15) is 4.46 Å². The lowest BCUT2D eigenvalue weighted by Gasteiger charge is -2.50. The Morgan fingerprint density at radius 3 is 2.08 bits per heavy atom. The van der Waals surface area contributed by atoms with Crippen LogP contribution >= 0.6 is 0 Å². The normalized spacial score (nSPS) is 30.2. The van der Waals surface area contributed by atoms with Crippen LogP contribution in [0.4, 0.5) is 0 Å². The molecular formula is C9H20O2Si2. The van der Waals surface area contributed by atoms with Gasteiger partial charge >= 0.3 is 0 Å². The van der Waals surface area contributed by atoms with Crippen molar-refractivity contribution in [1.82, 2.24) is 0 Å². The smallest absolute Gasteiger partial charge is 0.290 e. The van der Waals surface area contributed by atoms with Crippen molar-refractivity contribution in [2.75, 3.05) is 0 Å². The maximum absolute atomic E-state index is 11.9. The minimum absolute atomic E-state index is 0.0472. The van der Waals surface area contributed by atoms with E-state index in [2.05, 4.69) is 40.8 Å². The molecule has 0 amide bonds. The van der Waals surface area contributed by atoms with Gasteiger partial charge in [-0.05, 0) is 38.4 Å². The first-order chi connectivity index (χ1) is 5.58. The Hall–Kier alpha value is 0.194. The number of rotatable bonds is 0. The molecule has 0 radical (unpaired) electrons. The van der Waals surface area contributed by atoms with Crippen LogP contribution in [0.3, 0.4) is 0 Å². The van der Waals surface area contributed by atoms with E-state index < -0.39 is 16.0 Å². The maximum Gasteiger partial charge on any atom is 0.290 e. The zero-order chi connectivity index (χ0) is 10.5. The lowest BCUT2D eigenvalue weighted by molar-refractivity contribution is -0.0126. The van der Waals surface area contributed by atoms with Gasteiger partial charge in [-0.25, -0.2) is 0 Å². The average Bonchev–Trinajstić information content (AvgIpc) is 1.80. The molecule has 0 aromatic rings. The van der Waals surface area contributed by atoms with Crippen molar-refractivity contribution in [1.29, 1.82) is 0 Å². The summed E-state index contributed by atoms with van der Waals surface area (Å²) in [6, 6.07) is 0.851. The third-order valence-electron chi connectivity index (χ3n) is 3.41. The summed E-state index contributed by atoms with van der Waals surface area (Å²) in [4.78, 5) is 0. The molecule has 1 saturated heterocycles. The highest BCUT2D eigenvalue weighted by Crippen LogP contribution is 2.44. The third kappa shape index (κ3) is 1.85. The molecule has 1 fully saturated rings. The van der Waals surface area contributed by atoms with Crippen molar-refractivity contribution in [3.8, 4) is 0 Å².